The first-order chi connectivity index (χ1) is 17.9. The predicted molar refractivity (Wildman–Crippen MR) is 139 cm³/mol. The van der Waals surface area contributed by atoms with Crippen molar-refractivity contribution >= 4 is 5.91 Å². The van der Waals surface area contributed by atoms with Gasteiger partial charge in [-0.25, -0.2) is 0 Å². The minimum Gasteiger partial charge on any atom is -0.493 e. The van der Waals surface area contributed by atoms with E-state index >= 15 is 0 Å². The third-order valence-electron chi connectivity index (χ3n) is 5.76. The second-order valence-electron chi connectivity index (χ2n) is 8.28. The number of aromatic nitrogens is 3. The molecule has 1 N–H and O–H groups in total. The number of hydrogen-bond acceptors (Lipinski definition) is 8. The second kappa shape index (κ2) is 14.0. The maximum atomic E-state index is 12.6. The smallest absolute Gasteiger partial charge is 0.273 e. The zero-order chi connectivity index (χ0) is 26.6. The molecule has 0 aliphatic carbocycles. The number of aryl methyl sites for hydroxylation is 1. The van der Waals surface area contributed by atoms with Gasteiger partial charge in [-0.05, 0) is 43.2 Å². The summed E-state index contributed by atoms with van der Waals surface area (Å²) >= 11 is 0. The van der Waals surface area contributed by atoms with Crippen LogP contribution >= 0.6 is 0 Å². The number of likely N-dealkylation sites (N-methyl/N-ethyl adjacent to an activating group) is 1. The van der Waals surface area contributed by atoms with Crippen LogP contribution in [-0.2, 0) is 22.4 Å². The fraction of sp³-hybridized carbons (Fsp3) is 0.407. The molecule has 0 aliphatic heterocycles. The molecule has 1 heterocycles. The molecular formula is C27H34N4O6. The van der Waals surface area contributed by atoms with Crippen molar-refractivity contribution in [2.75, 3.05) is 47.6 Å². The third-order valence-corrected chi connectivity index (χ3v) is 5.76. The van der Waals surface area contributed by atoms with Crippen molar-refractivity contribution in [2.45, 2.75) is 26.2 Å². The summed E-state index contributed by atoms with van der Waals surface area (Å²) in [4.78, 5) is 29.6. The maximum Gasteiger partial charge on any atom is 0.273 e. The molecule has 3 aromatic rings. The zero-order valence-electron chi connectivity index (χ0n) is 21.8. The number of carbonyl (C=O) groups excluding carboxylic acids is 1. The molecule has 2 aromatic carbocycles. The molecule has 10 nitrogen and oxygen atoms in total. The van der Waals surface area contributed by atoms with Crippen LogP contribution in [0, 0.1) is 0 Å². The number of hydrogen-bond donors (Lipinski definition) is 1. The van der Waals surface area contributed by atoms with Gasteiger partial charge in [0.05, 0.1) is 20.8 Å². The highest BCUT2D eigenvalue weighted by molar-refractivity contribution is 5.76. The summed E-state index contributed by atoms with van der Waals surface area (Å²) in [7, 11) is 4.92. The van der Waals surface area contributed by atoms with Gasteiger partial charge in [-0.3, -0.25) is 9.59 Å². The molecule has 0 saturated carbocycles. The lowest BCUT2D eigenvalue weighted by atomic mass is 10.1. The maximum absolute atomic E-state index is 12.6. The summed E-state index contributed by atoms with van der Waals surface area (Å²) in [5.41, 5.74) is 1.55. The monoisotopic (exact) mass is 510 g/mol. The Morgan fingerprint density at radius 1 is 1.00 bits per heavy atom. The summed E-state index contributed by atoms with van der Waals surface area (Å²) < 4.78 is 21.5. The standard InChI is InChI=1S/C27H34N4O6/c1-5-36-15-16-37-21-8-6-7-20(18-21)26-28-27(33)22(29-30-26)10-12-25(32)31(2)14-13-19-9-11-23(34-3)24(17-19)35-4/h6-9,11,17-18H,5,10,12-16H2,1-4H3,(H,28,30,33). The number of H-pyrrole nitrogens is 1. The molecule has 198 valence electrons. The van der Waals surface area contributed by atoms with Crippen LogP contribution in [0.4, 0.5) is 0 Å². The lowest BCUT2D eigenvalue weighted by Gasteiger charge is -2.17. The molecule has 1 aromatic heterocycles. The number of methoxy groups -OCH3 is 2. The van der Waals surface area contributed by atoms with Crippen LogP contribution in [0.3, 0.4) is 0 Å². The van der Waals surface area contributed by atoms with E-state index in [2.05, 4.69) is 15.2 Å². The van der Waals surface area contributed by atoms with Crippen LogP contribution in [0.15, 0.2) is 47.3 Å². The first-order valence-corrected chi connectivity index (χ1v) is 12.2. The Morgan fingerprint density at radius 3 is 2.54 bits per heavy atom. The van der Waals surface area contributed by atoms with Crippen LogP contribution in [-0.4, -0.2) is 73.6 Å². The van der Waals surface area contributed by atoms with Gasteiger partial charge in [0.2, 0.25) is 5.91 Å². The molecule has 37 heavy (non-hydrogen) atoms. The van der Waals surface area contributed by atoms with Crippen molar-refractivity contribution in [3.05, 3.63) is 64.1 Å². The Kier molecular flexibility index (Phi) is 10.5. The normalized spacial score (nSPS) is 10.7. The lowest BCUT2D eigenvalue weighted by Crippen LogP contribution is -2.30. The van der Waals surface area contributed by atoms with Crippen LogP contribution < -0.4 is 19.8 Å². The van der Waals surface area contributed by atoms with E-state index in [0.717, 1.165) is 5.56 Å². The van der Waals surface area contributed by atoms with E-state index in [1.807, 2.05) is 43.3 Å². The number of aromatic amines is 1. The van der Waals surface area contributed by atoms with E-state index in [1.54, 1.807) is 32.2 Å². The van der Waals surface area contributed by atoms with Crippen LogP contribution in [0.1, 0.15) is 24.6 Å². The highest BCUT2D eigenvalue weighted by Gasteiger charge is 2.14. The molecule has 10 heteroatoms. The van der Waals surface area contributed by atoms with Gasteiger partial charge in [-0.15, -0.1) is 10.2 Å². The fourth-order valence-corrected chi connectivity index (χ4v) is 3.62. The summed E-state index contributed by atoms with van der Waals surface area (Å²) in [5, 5.41) is 8.24. The minimum absolute atomic E-state index is 0.0809. The van der Waals surface area contributed by atoms with Gasteiger partial charge in [-0.1, -0.05) is 18.2 Å². The molecule has 0 atom stereocenters. The van der Waals surface area contributed by atoms with Crippen LogP contribution in [0.2, 0.25) is 0 Å². The zero-order valence-corrected chi connectivity index (χ0v) is 21.8. The van der Waals surface area contributed by atoms with Gasteiger partial charge in [0, 0.05) is 38.6 Å². The quantitative estimate of drug-likeness (QED) is 0.329. The number of nitrogens with one attached hydrogen (secondary N) is 1. The van der Waals surface area contributed by atoms with Crippen molar-refractivity contribution in [1.29, 1.82) is 0 Å². The highest BCUT2D eigenvalue weighted by Crippen LogP contribution is 2.27. The van der Waals surface area contributed by atoms with E-state index in [9.17, 15) is 9.59 Å². The molecule has 0 unspecified atom stereocenters. The van der Waals surface area contributed by atoms with Crippen LogP contribution in [0.5, 0.6) is 17.2 Å². The summed E-state index contributed by atoms with van der Waals surface area (Å²) in [5.74, 6) is 2.21. The van der Waals surface area contributed by atoms with E-state index in [-0.39, 0.29) is 30.0 Å². The first-order valence-electron chi connectivity index (χ1n) is 12.2. The van der Waals surface area contributed by atoms with Crippen LogP contribution in [0.25, 0.3) is 11.4 Å². The van der Waals surface area contributed by atoms with Crippen molar-refractivity contribution in [3.63, 3.8) is 0 Å². The van der Waals surface area contributed by atoms with E-state index < -0.39 is 0 Å². The van der Waals surface area contributed by atoms with Crippen molar-refractivity contribution in [3.8, 4) is 28.6 Å². The number of nitrogens with zero attached hydrogens (tertiary/aromatic N) is 3. The fourth-order valence-electron chi connectivity index (χ4n) is 3.62. The van der Waals surface area contributed by atoms with Crippen molar-refractivity contribution in [1.82, 2.24) is 20.1 Å². The van der Waals surface area contributed by atoms with Gasteiger partial charge >= 0.3 is 0 Å². The Balaban J connectivity index is 1.53. The molecule has 3 rings (SSSR count). The molecule has 0 aliphatic rings. The van der Waals surface area contributed by atoms with Crippen molar-refractivity contribution in [2.24, 2.45) is 0 Å². The number of amides is 1. The number of ether oxygens (including phenoxy) is 4. The average Bonchev–Trinajstić information content (AvgIpc) is 2.93. The third kappa shape index (κ3) is 8.04. The average molecular weight is 511 g/mol. The molecular weight excluding hydrogens is 476 g/mol. The first kappa shape index (κ1) is 27.7. The Labute approximate surface area is 216 Å². The van der Waals surface area contributed by atoms with E-state index in [4.69, 9.17) is 18.9 Å². The largest absolute Gasteiger partial charge is 0.493 e. The molecule has 0 spiro atoms. The molecule has 0 saturated heterocycles. The Bertz CT molecular complexity index is 1230. The Hall–Kier alpha value is -3.92. The summed E-state index contributed by atoms with van der Waals surface area (Å²) in [6, 6.07) is 12.9. The highest BCUT2D eigenvalue weighted by atomic mass is 16.5. The van der Waals surface area contributed by atoms with Gasteiger partial charge in [0.15, 0.2) is 17.3 Å². The SMILES string of the molecule is CCOCCOc1cccc(-c2nnc(CCC(=O)N(C)CCc3ccc(OC)c(OC)c3)c(=O)[nH]2)c1. The van der Waals surface area contributed by atoms with Gasteiger partial charge < -0.3 is 28.8 Å². The Morgan fingerprint density at radius 2 is 1.81 bits per heavy atom. The number of carbonyl (C=O) groups is 1. The van der Waals surface area contributed by atoms with E-state index in [1.165, 1.54) is 0 Å². The molecule has 0 fully saturated rings. The van der Waals surface area contributed by atoms with Gasteiger partial charge in [0.25, 0.3) is 5.56 Å². The minimum atomic E-state index is -0.367. The number of benzene rings is 2. The van der Waals surface area contributed by atoms with E-state index in [0.29, 0.717) is 61.4 Å². The molecule has 0 radical (unpaired) electrons. The van der Waals surface area contributed by atoms with Crippen molar-refractivity contribution < 1.29 is 23.7 Å². The lowest BCUT2D eigenvalue weighted by molar-refractivity contribution is -0.129. The van der Waals surface area contributed by atoms with Gasteiger partial charge in [0.1, 0.15) is 18.1 Å². The summed E-state index contributed by atoms with van der Waals surface area (Å²) in [6.07, 6.45) is 1.01. The predicted octanol–water partition coefficient (Wildman–Crippen LogP) is 2.90. The topological polar surface area (TPSA) is 116 Å². The number of rotatable bonds is 14. The molecule has 1 amide bonds. The summed E-state index contributed by atoms with van der Waals surface area (Å²) in [6.45, 7) is 4.01. The van der Waals surface area contributed by atoms with Gasteiger partial charge in [-0.2, -0.15) is 0 Å². The molecule has 0 bridgehead atoms. The second-order valence-corrected chi connectivity index (χ2v) is 8.28.